The van der Waals surface area contributed by atoms with E-state index in [9.17, 15) is 13.6 Å². The SMILES string of the molecule is C[C@H](Oc1ccc(F)c(F)c1)C(=O)N1CC[C@@H](N)C[C@H]1C. The Balaban J connectivity index is 2.00. The van der Waals surface area contributed by atoms with E-state index >= 15 is 0 Å². The lowest BCUT2D eigenvalue weighted by Gasteiger charge is -2.37. The molecular formula is C15H20F2N2O2. The molecule has 1 aliphatic rings. The van der Waals surface area contributed by atoms with Crippen molar-refractivity contribution in [1.29, 1.82) is 0 Å². The molecule has 0 saturated carbocycles. The quantitative estimate of drug-likeness (QED) is 0.929. The number of carbonyl (C=O) groups is 1. The average Bonchev–Trinajstić information content (AvgIpc) is 2.42. The van der Waals surface area contributed by atoms with Crippen molar-refractivity contribution in [3.63, 3.8) is 0 Å². The van der Waals surface area contributed by atoms with E-state index in [2.05, 4.69) is 0 Å². The van der Waals surface area contributed by atoms with Crippen LogP contribution >= 0.6 is 0 Å². The van der Waals surface area contributed by atoms with Crippen molar-refractivity contribution in [3.8, 4) is 5.75 Å². The molecule has 116 valence electrons. The minimum Gasteiger partial charge on any atom is -0.481 e. The van der Waals surface area contributed by atoms with Gasteiger partial charge in [0.05, 0.1) is 0 Å². The average molecular weight is 298 g/mol. The first-order valence-electron chi connectivity index (χ1n) is 7.06. The Labute approximate surface area is 122 Å². The molecule has 3 atom stereocenters. The third kappa shape index (κ3) is 3.69. The van der Waals surface area contributed by atoms with Gasteiger partial charge in [0.1, 0.15) is 5.75 Å². The second-order valence-electron chi connectivity index (χ2n) is 5.50. The monoisotopic (exact) mass is 298 g/mol. The molecule has 1 amide bonds. The molecule has 2 rings (SSSR count). The highest BCUT2D eigenvalue weighted by atomic mass is 19.2. The molecule has 0 aliphatic carbocycles. The van der Waals surface area contributed by atoms with Gasteiger partial charge in [-0.15, -0.1) is 0 Å². The standard InChI is InChI=1S/C15H20F2N2O2/c1-9-7-11(18)5-6-19(9)15(20)10(2)21-12-3-4-13(16)14(17)8-12/h3-4,8-11H,5-7,18H2,1-2H3/t9-,10+,11-/m1/s1. The smallest absolute Gasteiger partial charge is 0.263 e. The lowest BCUT2D eigenvalue weighted by molar-refractivity contribution is -0.141. The van der Waals surface area contributed by atoms with Gasteiger partial charge in [-0.25, -0.2) is 8.78 Å². The zero-order chi connectivity index (χ0) is 15.6. The molecule has 0 aromatic heterocycles. The van der Waals surface area contributed by atoms with Crippen molar-refractivity contribution in [2.24, 2.45) is 5.73 Å². The Hall–Kier alpha value is -1.69. The van der Waals surface area contributed by atoms with Gasteiger partial charge < -0.3 is 15.4 Å². The van der Waals surface area contributed by atoms with Crippen LogP contribution in [-0.2, 0) is 4.79 Å². The summed E-state index contributed by atoms with van der Waals surface area (Å²) in [6.07, 6.45) is 0.754. The molecule has 1 aromatic rings. The lowest BCUT2D eigenvalue weighted by Crippen LogP contribution is -2.51. The van der Waals surface area contributed by atoms with E-state index in [1.54, 1.807) is 11.8 Å². The highest BCUT2D eigenvalue weighted by Gasteiger charge is 2.30. The predicted molar refractivity (Wildman–Crippen MR) is 74.8 cm³/mol. The van der Waals surface area contributed by atoms with Gasteiger partial charge in [0.25, 0.3) is 5.91 Å². The molecule has 1 heterocycles. The molecule has 0 bridgehead atoms. The van der Waals surface area contributed by atoms with Gasteiger partial charge in [-0.3, -0.25) is 4.79 Å². The second kappa shape index (κ2) is 6.39. The van der Waals surface area contributed by atoms with Crippen LogP contribution in [0.15, 0.2) is 18.2 Å². The molecule has 4 nitrogen and oxygen atoms in total. The van der Waals surface area contributed by atoms with E-state index < -0.39 is 17.7 Å². The molecule has 1 saturated heterocycles. The molecule has 6 heteroatoms. The van der Waals surface area contributed by atoms with Gasteiger partial charge in [0.2, 0.25) is 0 Å². The number of carbonyl (C=O) groups excluding carboxylic acids is 1. The largest absolute Gasteiger partial charge is 0.481 e. The van der Waals surface area contributed by atoms with Gasteiger partial charge in [-0.05, 0) is 38.8 Å². The number of amides is 1. The van der Waals surface area contributed by atoms with Gasteiger partial charge in [-0.1, -0.05) is 0 Å². The first-order chi connectivity index (χ1) is 9.88. The molecule has 1 aliphatic heterocycles. The van der Waals surface area contributed by atoms with Crippen molar-refractivity contribution < 1.29 is 18.3 Å². The number of nitrogens with two attached hydrogens (primary N) is 1. The fourth-order valence-electron chi connectivity index (χ4n) is 2.57. The number of halogens is 2. The van der Waals surface area contributed by atoms with Crippen LogP contribution in [0.3, 0.4) is 0 Å². The predicted octanol–water partition coefficient (Wildman–Crippen LogP) is 2.07. The lowest BCUT2D eigenvalue weighted by atomic mass is 9.98. The van der Waals surface area contributed by atoms with E-state index in [0.29, 0.717) is 6.54 Å². The topological polar surface area (TPSA) is 55.6 Å². The van der Waals surface area contributed by atoms with Crippen molar-refractivity contribution >= 4 is 5.91 Å². The van der Waals surface area contributed by atoms with E-state index in [-0.39, 0.29) is 23.7 Å². The van der Waals surface area contributed by atoms with Crippen LogP contribution in [0, 0.1) is 11.6 Å². The minimum absolute atomic E-state index is 0.0530. The van der Waals surface area contributed by atoms with Crippen molar-refractivity contribution in [2.45, 2.75) is 44.9 Å². The zero-order valence-corrected chi connectivity index (χ0v) is 12.2. The number of rotatable bonds is 3. The Bertz CT molecular complexity index is 524. The maximum Gasteiger partial charge on any atom is 0.263 e. The Morgan fingerprint density at radius 3 is 2.76 bits per heavy atom. The molecule has 21 heavy (non-hydrogen) atoms. The third-order valence-corrected chi connectivity index (χ3v) is 3.75. The summed E-state index contributed by atoms with van der Waals surface area (Å²) in [7, 11) is 0. The van der Waals surface area contributed by atoms with Crippen LogP contribution in [0.25, 0.3) is 0 Å². The Kier molecular flexibility index (Phi) is 4.77. The van der Waals surface area contributed by atoms with E-state index in [0.717, 1.165) is 25.0 Å². The summed E-state index contributed by atoms with van der Waals surface area (Å²) >= 11 is 0. The van der Waals surface area contributed by atoms with Crippen molar-refractivity contribution in [1.82, 2.24) is 4.90 Å². The Morgan fingerprint density at radius 2 is 2.14 bits per heavy atom. The molecule has 0 spiro atoms. The van der Waals surface area contributed by atoms with Crippen LogP contribution in [0.2, 0.25) is 0 Å². The summed E-state index contributed by atoms with van der Waals surface area (Å²) in [5, 5.41) is 0. The number of hydrogen-bond acceptors (Lipinski definition) is 3. The van der Waals surface area contributed by atoms with E-state index in [1.165, 1.54) is 6.07 Å². The Morgan fingerprint density at radius 1 is 1.43 bits per heavy atom. The van der Waals surface area contributed by atoms with Crippen LogP contribution < -0.4 is 10.5 Å². The van der Waals surface area contributed by atoms with E-state index in [4.69, 9.17) is 10.5 Å². The molecule has 0 radical (unpaired) electrons. The number of piperidine rings is 1. The second-order valence-corrected chi connectivity index (χ2v) is 5.50. The summed E-state index contributed by atoms with van der Waals surface area (Å²) in [5.41, 5.74) is 5.87. The van der Waals surface area contributed by atoms with Gasteiger partial charge >= 0.3 is 0 Å². The van der Waals surface area contributed by atoms with Crippen LogP contribution in [0.1, 0.15) is 26.7 Å². The maximum atomic E-state index is 13.1. The first kappa shape index (κ1) is 15.7. The summed E-state index contributed by atoms with van der Waals surface area (Å²) < 4.78 is 31.4. The van der Waals surface area contributed by atoms with Crippen molar-refractivity contribution in [2.75, 3.05) is 6.54 Å². The fraction of sp³-hybridized carbons (Fsp3) is 0.533. The zero-order valence-electron chi connectivity index (χ0n) is 12.2. The number of ether oxygens (including phenoxy) is 1. The highest BCUT2D eigenvalue weighted by molar-refractivity contribution is 5.81. The molecule has 0 unspecified atom stereocenters. The molecule has 2 N–H and O–H groups in total. The van der Waals surface area contributed by atoms with Gasteiger partial charge in [0, 0.05) is 24.7 Å². The minimum atomic E-state index is -0.996. The number of nitrogens with zero attached hydrogens (tertiary/aromatic N) is 1. The normalized spacial score (nSPS) is 23.8. The fourth-order valence-corrected chi connectivity index (χ4v) is 2.57. The summed E-state index contributed by atoms with van der Waals surface area (Å²) in [6.45, 7) is 4.14. The molecular weight excluding hydrogens is 278 g/mol. The third-order valence-electron chi connectivity index (χ3n) is 3.75. The van der Waals surface area contributed by atoms with Crippen molar-refractivity contribution in [3.05, 3.63) is 29.8 Å². The summed E-state index contributed by atoms with van der Waals surface area (Å²) in [4.78, 5) is 14.1. The highest BCUT2D eigenvalue weighted by Crippen LogP contribution is 2.20. The van der Waals surface area contributed by atoms with E-state index in [1.807, 2.05) is 6.92 Å². The van der Waals surface area contributed by atoms with Crippen LogP contribution in [0.5, 0.6) is 5.75 Å². The maximum absolute atomic E-state index is 13.1. The summed E-state index contributed by atoms with van der Waals surface area (Å²) in [5.74, 6) is -1.97. The number of benzene rings is 1. The van der Waals surface area contributed by atoms with Crippen LogP contribution in [0.4, 0.5) is 8.78 Å². The van der Waals surface area contributed by atoms with Crippen LogP contribution in [-0.4, -0.2) is 35.5 Å². The number of likely N-dealkylation sites (tertiary alicyclic amines) is 1. The van der Waals surface area contributed by atoms with Gasteiger partial charge in [0.15, 0.2) is 17.7 Å². The molecule has 1 fully saturated rings. The van der Waals surface area contributed by atoms with Gasteiger partial charge in [-0.2, -0.15) is 0 Å². The molecule has 1 aromatic carbocycles. The first-order valence-corrected chi connectivity index (χ1v) is 7.06. The number of hydrogen-bond donors (Lipinski definition) is 1. The summed E-state index contributed by atoms with van der Waals surface area (Å²) in [6, 6.07) is 3.39.